The van der Waals surface area contributed by atoms with Gasteiger partial charge in [-0.1, -0.05) is 94.5 Å². The molecule has 4 aromatic carbocycles. The van der Waals surface area contributed by atoms with Crippen LogP contribution in [0.5, 0.6) is 10.4 Å². The van der Waals surface area contributed by atoms with Gasteiger partial charge in [-0.3, -0.25) is 0 Å². The second kappa shape index (κ2) is 10.8. The minimum Gasteiger partial charge on any atom is -0.402 e. The maximum atomic E-state index is 6.15. The lowest BCUT2D eigenvalue weighted by molar-refractivity contribution is 0.478. The largest absolute Gasteiger partial charge is 0.402 e. The molecule has 8 rings (SSSR count). The Balaban J connectivity index is 1.01. The number of fused-ring (bicyclic) bond motifs is 4. The van der Waals surface area contributed by atoms with Crippen LogP contribution in [-0.2, 0) is 0 Å². The van der Waals surface area contributed by atoms with Crippen molar-refractivity contribution in [3.8, 4) is 10.4 Å². The van der Waals surface area contributed by atoms with Crippen LogP contribution in [0.3, 0.4) is 0 Å². The fraction of sp³-hybridized carbons (Fsp3) is 0.0588. The van der Waals surface area contributed by atoms with Crippen molar-refractivity contribution >= 4 is 111 Å². The van der Waals surface area contributed by atoms with E-state index < -0.39 is 0 Å². The van der Waals surface area contributed by atoms with E-state index in [0.29, 0.717) is 10.4 Å². The van der Waals surface area contributed by atoms with Crippen LogP contribution in [-0.4, -0.2) is 19.9 Å². The van der Waals surface area contributed by atoms with E-state index in [1.807, 2.05) is 0 Å². The summed E-state index contributed by atoms with van der Waals surface area (Å²) in [5, 5.41) is 3.11. The molecule has 0 unspecified atom stereocenters. The number of aryl methyl sites for hydroxylation is 2. The van der Waals surface area contributed by atoms with Crippen LogP contribution < -0.4 is 4.74 Å². The van der Waals surface area contributed by atoms with Crippen LogP contribution in [0.25, 0.3) is 65.2 Å². The average Bonchev–Trinajstić information content (AvgIpc) is 3.77. The van der Waals surface area contributed by atoms with E-state index in [1.54, 1.807) is 22.7 Å². The maximum absolute atomic E-state index is 6.15. The summed E-state index contributed by atoms with van der Waals surface area (Å²) >= 11 is 6.35. The van der Waals surface area contributed by atoms with Crippen LogP contribution in [0, 0.1) is 13.8 Å². The van der Waals surface area contributed by atoms with Gasteiger partial charge in [0.25, 0.3) is 10.4 Å². The first kappa shape index (κ1) is 26.4. The molecule has 0 bridgehead atoms. The molecule has 4 aromatic heterocycles. The lowest BCUT2D eigenvalue weighted by Gasteiger charge is -1.93. The third-order valence-electron chi connectivity index (χ3n) is 6.96. The molecule has 5 nitrogen and oxygen atoms in total. The Kier molecular flexibility index (Phi) is 6.60. The van der Waals surface area contributed by atoms with Gasteiger partial charge in [-0.2, -0.15) is 0 Å². The van der Waals surface area contributed by atoms with Crippen molar-refractivity contribution in [3.05, 3.63) is 105 Å². The predicted molar refractivity (Wildman–Crippen MR) is 186 cm³/mol. The Morgan fingerprint density at radius 3 is 1.26 bits per heavy atom. The number of aromatic nitrogens is 4. The van der Waals surface area contributed by atoms with E-state index in [9.17, 15) is 0 Å². The zero-order chi connectivity index (χ0) is 28.9. The minimum atomic E-state index is 0.578. The molecule has 8 aromatic rings. The molecule has 0 N–H and O–H groups in total. The third-order valence-corrected chi connectivity index (χ3v) is 10.7. The highest BCUT2D eigenvalue weighted by atomic mass is 32.1. The first-order chi connectivity index (χ1) is 21.0. The average molecular weight is 631 g/mol. The van der Waals surface area contributed by atoms with Gasteiger partial charge in [-0.25, -0.2) is 19.9 Å². The normalized spacial score (nSPS) is 12.2. The summed E-state index contributed by atoms with van der Waals surface area (Å²) in [6.45, 7) is 4.19. The van der Waals surface area contributed by atoms with E-state index >= 15 is 0 Å². The van der Waals surface area contributed by atoms with Crippen molar-refractivity contribution in [2.75, 3.05) is 0 Å². The van der Waals surface area contributed by atoms with Gasteiger partial charge in [0.05, 0.1) is 40.9 Å². The van der Waals surface area contributed by atoms with E-state index in [2.05, 4.69) is 111 Å². The Bertz CT molecular complexity index is 2070. The number of thiazole rings is 4. The van der Waals surface area contributed by atoms with Crippen molar-refractivity contribution in [1.82, 2.24) is 19.9 Å². The molecular weight excluding hydrogens is 609 g/mol. The zero-order valence-electron chi connectivity index (χ0n) is 23.1. The smallest absolute Gasteiger partial charge is 0.281 e. The van der Waals surface area contributed by atoms with Gasteiger partial charge in [0.15, 0.2) is 0 Å². The van der Waals surface area contributed by atoms with Gasteiger partial charge >= 0.3 is 0 Å². The van der Waals surface area contributed by atoms with E-state index in [0.717, 1.165) is 62.0 Å². The van der Waals surface area contributed by atoms with Crippen molar-refractivity contribution in [2.45, 2.75) is 13.8 Å². The monoisotopic (exact) mass is 630 g/mol. The molecule has 0 fully saturated rings. The lowest BCUT2D eigenvalue weighted by Crippen LogP contribution is -1.80. The second-order valence-electron chi connectivity index (χ2n) is 10.2. The maximum Gasteiger partial charge on any atom is 0.281 e. The van der Waals surface area contributed by atoms with Crippen molar-refractivity contribution in [1.29, 1.82) is 0 Å². The first-order valence-corrected chi connectivity index (χ1v) is 16.9. The summed E-state index contributed by atoms with van der Waals surface area (Å²) in [5.74, 6) is 0. The minimum absolute atomic E-state index is 0.578. The van der Waals surface area contributed by atoms with Crippen molar-refractivity contribution < 1.29 is 4.74 Å². The molecule has 0 aliphatic heterocycles. The number of nitrogens with zero attached hydrogens (tertiary/aromatic N) is 4. The van der Waals surface area contributed by atoms with E-state index in [1.165, 1.54) is 33.8 Å². The third kappa shape index (κ3) is 5.48. The Labute approximate surface area is 263 Å². The fourth-order valence-electron chi connectivity index (χ4n) is 4.69. The molecule has 43 heavy (non-hydrogen) atoms. The molecule has 0 aliphatic rings. The van der Waals surface area contributed by atoms with Gasteiger partial charge < -0.3 is 4.74 Å². The number of hydrogen-bond donors (Lipinski definition) is 0. The first-order valence-electron chi connectivity index (χ1n) is 13.6. The summed E-state index contributed by atoms with van der Waals surface area (Å²) in [5.41, 5.74) is 8.58. The molecule has 0 atom stereocenters. The topological polar surface area (TPSA) is 60.8 Å². The lowest BCUT2D eigenvalue weighted by atomic mass is 10.1. The number of hydrogen-bond acceptors (Lipinski definition) is 9. The summed E-state index contributed by atoms with van der Waals surface area (Å²) in [6, 6.07) is 25.3. The fourth-order valence-corrected chi connectivity index (χ4v) is 8.17. The van der Waals surface area contributed by atoms with Gasteiger partial charge in [0.1, 0.15) is 10.0 Å². The summed E-state index contributed by atoms with van der Waals surface area (Å²) in [4.78, 5) is 19.2. The second-order valence-corrected chi connectivity index (χ2v) is 14.3. The molecule has 4 heterocycles. The summed E-state index contributed by atoms with van der Waals surface area (Å²) in [7, 11) is 0. The van der Waals surface area contributed by atoms with E-state index in [4.69, 9.17) is 24.7 Å². The summed E-state index contributed by atoms with van der Waals surface area (Å²) in [6.07, 6.45) is 8.34. The van der Waals surface area contributed by atoms with Gasteiger partial charge in [0, 0.05) is 0 Å². The predicted octanol–water partition coefficient (Wildman–Crippen LogP) is 10.9. The van der Waals surface area contributed by atoms with Gasteiger partial charge in [0.2, 0.25) is 0 Å². The molecule has 0 aliphatic carbocycles. The van der Waals surface area contributed by atoms with Crippen LogP contribution in [0.4, 0.5) is 0 Å². The molecule has 0 radical (unpaired) electrons. The van der Waals surface area contributed by atoms with Crippen LogP contribution in [0.1, 0.15) is 32.3 Å². The molecule has 9 heteroatoms. The highest BCUT2D eigenvalue weighted by molar-refractivity contribution is 7.22. The summed E-state index contributed by atoms with van der Waals surface area (Å²) < 4.78 is 10.4. The molecule has 0 saturated carbocycles. The number of rotatable bonds is 6. The van der Waals surface area contributed by atoms with E-state index in [-0.39, 0.29) is 0 Å². The zero-order valence-corrected chi connectivity index (χ0v) is 26.3. The molecular formula is C34H22N4OS4. The Morgan fingerprint density at radius 1 is 0.465 bits per heavy atom. The SMILES string of the molecule is Cc1ccc(/C=C/c2nc3cc4sc(Oc5nc6cc7sc(/C=C/c8ccc(C)cc8)nc7cc6s5)nc4cc3s2)cc1. The highest BCUT2D eigenvalue weighted by Gasteiger charge is 2.14. The van der Waals surface area contributed by atoms with Crippen molar-refractivity contribution in [2.24, 2.45) is 0 Å². The van der Waals surface area contributed by atoms with Crippen LogP contribution in [0.2, 0.25) is 0 Å². The van der Waals surface area contributed by atoms with Crippen LogP contribution in [0.15, 0.2) is 72.8 Å². The highest BCUT2D eigenvalue weighted by Crippen LogP contribution is 2.39. The Morgan fingerprint density at radius 2 is 0.837 bits per heavy atom. The number of benzene rings is 4. The standard InChI is InChI=1S/C34H22N4OS4/c1-19-3-7-21(8-4-19)11-13-31-35-23-15-29-25(17-27(23)40-31)37-33(42-29)39-34-38-26-18-28-24(16-30(26)43-34)36-32(41-28)14-12-22-9-5-20(2)6-10-22/h3-18H,1-2H3/b13-11+,14-12+. The van der Waals surface area contributed by atoms with Gasteiger partial charge in [-0.05, 0) is 61.4 Å². The van der Waals surface area contributed by atoms with Gasteiger partial charge in [-0.15, -0.1) is 22.7 Å². The molecule has 0 amide bonds. The Hall–Kier alpha value is -4.28. The molecule has 0 saturated heterocycles. The number of ether oxygens (including phenoxy) is 1. The van der Waals surface area contributed by atoms with Crippen molar-refractivity contribution in [3.63, 3.8) is 0 Å². The molecule has 208 valence electrons. The quantitative estimate of drug-likeness (QED) is 0.183. The van der Waals surface area contributed by atoms with Crippen LogP contribution >= 0.6 is 45.3 Å². The molecule has 0 spiro atoms.